The van der Waals surface area contributed by atoms with Gasteiger partial charge in [-0.1, -0.05) is 25.5 Å². The van der Waals surface area contributed by atoms with E-state index in [1.54, 1.807) is 6.07 Å². The second-order valence-electron chi connectivity index (χ2n) is 4.68. The van der Waals surface area contributed by atoms with Crippen molar-refractivity contribution >= 4 is 0 Å². The Kier molecular flexibility index (Phi) is 5.45. The molecule has 3 heteroatoms. The maximum atomic E-state index is 9.86. The minimum atomic E-state index is -0.441. The third kappa shape index (κ3) is 4.36. The van der Waals surface area contributed by atoms with Crippen LogP contribution in [0.2, 0.25) is 0 Å². The zero-order valence-electron chi connectivity index (χ0n) is 10.7. The zero-order valence-corrected chi connectivity index (χ0v) is 10.7. The van der Waals surface area contributed by atoms with Crippen LogP contribution in [0.3, 0.4) is 0 Å². The number of phenolic OH excluding ortho intramolecular Hbond substituents is 1. The van der Waals surface area contributed by atoms with Crippen molar-refractivity contribution in [3.8, 4) is 5.75 Å². The van der Waals surface area contributed by atoms with E-state index in [0.717, 1.165) is 30.4 Å². The van der Waals surface area contributed by atoms with E-state index in [4.69, 9.17) is 5.73 Å². The number of nitrogens with two attached hydrogens (primary N) is 1. The predicted octanol–water partition coefficient (Wildman–Crippen LogP) is 2.12. The molecule has 4 N–H and O–H groups in total. The summed E-state index contributed by atoms with van der Waals surface area (Å²) in [4.78, 5) is 0. The summed E-state index contributed by atoms with van der Waals surface area (Å²) in [7, 11) is 0. The zero-order chi connectivity index (χ0) is 12.8. The summed E-state index contributed by atoms with van der Waals surface area (Å²) in [5, 5.41) is 19.3. The lowest BCUT2D eigenvalue weighted by Crippen LogP contribution is -2.34. The second kappa shape index (κ2) is 6.62. The molecule has 0 saturated heterocycles. The normalized spacial score (nSPS) is 14.6. The average molecular weight is 237 g/mol. The Morgan fingerprint density at radius 2 is 2.00 bits per heavy atom. The van der Waals surface area contributed by atoms with Gasteiger partial charge in [0.25, 0.3) is 0 Å². The summed E-state index contributed by atoms with van der Waals surface area (Å²) in [5.41, 5.74) is 7.85. The van der Waals surface area contributed by atoms with Gasteiger partial charge in [0.05, 0.1) is 6.10 Å². The summed E-state index contributed by atoms with van der Waals surface area (Å²) in [6, 6.07) is 5.41. The lowest BCUT2D eigenvalue weighted by molar-refractivity contribution is 0.131. The Morgan fingerprint density at radius 1 is 1.29 bits per heavy atom. The van der Waals surface area contributed by atoms with Crippen LogP contribution in [0, 0.1) is 6.92 Å². The summed E-state index contributed by atoms with van der Waals surface area (Å²) in [6.45, 7) is 3.94. The molecule has 3 nitrogen and oxygen atoms in total. The first kappa shape index (κ1) is 14.0. The predicted molar refractivity (Wildman–Crippen MR) is 70.1 cm³/mol. The molecule has 0 spiro atoms. The number of rotatable bonds is 6. The van der Waals surface area contributed by atoms with Crippen molar-refractivity contribution in [2.24, 2.45) is 5.73 Å². The van der Waals surface area contributed by atoms with Gasteiger partial charge in [0.2, 0.25) is 0 Å². The molecule has 0 aliphatic rings. The van der Waals surface area contributed by atoms with Crippen molar-refractivity contribution < 1.29 is 10.2 Å². The highest BCUT2D eigenvalue weighted by Gasteiger charge is 2.13. The number of aliphatic hydroxyl groups is 1. The Bertz CT molecular complexity index is 352. The number of benzene rings is 1. The molecule has 0 radical (unpaired) electrons. The summed E-state index contributed by atoms with van der Waals surface area (Å²) in [5.74, 6) is 0.317. The molecule has 17 heavy (non-hydrogen) atoms. The molecule has 0 bridgehead atoms. The molecule has 1 aromatic rings. The van der Waals surface area contributed by atoms with Crippen molar-refractivity contribution in [3.05, 3.63) is 29.3 Å². The van der Waals surface area contributed by atoms with Gasteiger partial charge in [-0.2, -0.15) is 0 Å². The molecule has 0 saturated carbocycles. The van der Waals surface area contributed by atoms with Crippen LogP contribution in [0.15, 0.2) is 18.2 Å². The number of hydrogen-bond acceptors (Lipinski definition) is 3. The van der Waals surface area contributed by atoms with E-state index in [1.165, 1.54) is 0 Å². The van der Waals surface area contributed by atoms with Crippen molar-refractivity contribution in [2.45, 2.75) is 51.7 Å². The monoisotopic (exact) mass is 237 g/mol. The number of aryl methyl sites for hydroxylation is 2. The first-order chi connectivity index (χ1) is 8.04. The Labute approximate surface area is 103 Å². The second-order valence-corrected chi connectivity index (χ2v) is 4.68. The lowest BCUT2D eigenvalue weighted by atomic mass is 9.99. The number of aliphatic hydroxyl groups excluding tert-OH is 1. The highest BCUT2D eigenvalue weighted by Crippen LogP contribution is 2.18. The van der Waals surface area contributed by atoms with Gasteiger partial charge in [-0.25, -0.2) is 0 Å². The van der Waals surface area contributed by atoms with E-state index < -0.39 is 6.10 Å². The van der Waals surface area contributed by atoms with Crippen molar-refractivity contribution in [1.82, 2.24) is 0 Å². The van der Waals surface area contributed by atoms with E-state index in [0.29, 0.717) is 12.2 Å². The summed E-state index contributed by atoms with van der Waals surface area (Å²) in [6.07, 6.45) is 2.88. The maximum Gasteiger partial charge on any atom is 0.118 e. The van der Waals surface area contributed by atoms with E-state index in [-0.39, 0.29) is 6.04 Å². The van der Waals surface area contributed by atoms with Crippen LogP contribution in [0.25, 0.3) is 0 Å². The van der Waals surface area contributed by atoms with Crippen LogP contribution in [0.4, 0.5) is 0 Å². The first-order valence-electron chi connectivity index (χ1n) is 6.26. The Hall–Kier alpha value is -1.06. The van der Waals surface area contributed by atoms with Crippen LogP contribution in [-0.4, -0.2) is 22.4 Å². The average Bonchev–Trinajstić information content (AvgIpc) is 2.30. The van der Waals surface area contributed by atoms with Crippen molar-refractivity contribution in [1.29, 1.82) is 0 Å². The molecule has 0 heterocycles. The number of hydrogen-bond donors (Lipinski definition) is 3. The smallest absolute Gasteiger partial charge is 0.118 e. The molecule has 2 atom stereocenters. The first-order valence-corrected chi connectivity index (χ1v) is 6.26. The molecule has 0 aliphatic heterocycles. The minimum Gasteiger partial charge on any atom is -0.508 e. The lowest BCUT2D eigenvalue weighted by Gasteiger charge is -2.18. The molecule has 1 aromatic carbocycles. The molecule has 0 fully saturated rings. The highest BCUT2D eigenvalue weighted by atomic mass is 16.3. The summed E-state index contributed by atoms with van der Waals surface area (Å²) < 4.78 is 0. The maximum absolute atomic E-state index is 9.86. The van der Waals surface area contributed by atoms with Crippen LogP contribution < -0.4 is 5.73 Å². The minimum absolute atomic E-state index is 0.127. The van der Waals surface area contributed by atoms with E-state index in [9.17, 15) is 10.2 Å². The third-order valence-electron chi connectivity index (χ3n) is 3.11. The molecule has 0 amide bonds. The van der Waals surface area contributed by atoms with Crippen LogP contribution >= 0.6 is 0 Å². The van der Waals surface area contributed by atoms with Gasteiger partial charge in [-0.3, -0.25) is 0 Å². The van der Waals surface area contributed by atoms with Gasteiger partial charge in [0.15, 0.2) is 0 Å². The number of phenols is 1. The van der Waals surface area contributed by atoms with Crippen LogP contribution in [0.5, 0.6) is 5.75 Å². The molecular formula is C14H23NO2. The van der Waals surface area contributed by atoms with Crippen molar-refractivity contribution in [3.63, 3.8) is 0 Å². The van der Waals surface area contributed by atoms with Crippen LogP contribution in [-0.2, 0) is 6.42 Å². The fraction of sp³-hybridized carbons (Fsp3) is 0.571. The molecule has 1 rings (SSSR count). The van der Waals surface area contributed by atoms with E-state index in [2.05, 4.69) is 6.92 Å². The van der Waals surface area contributed by atoms with E-state index in [1.807, 2.05) is 19.1 Å². The van der Waals surface area contributed by atoms with Gasteiger partial charge in [-0.15, -0.1) is 0 Å². The fourth-order valence-corrected chi connectivity index (χ4v) is 1.93. The Morgan fingerprint density at radius 3 is 2.59 bits per heavy atom. The molecule has 2 unspecified atom stereocenters. The largest absolute Gasteiger partial charge is 0.508 e. The Balaban J connectivity index is 2.47. The standard InChI is InChI=1S/C14H23NO2/c1-3-4-12(15)14(17)8-6-11-5-7-13(16)10(2)9-11/h5,7,9,12,14,16-17H,3-4,6,8,15H2,1-2H3. The fourth-order valence-electron chi connectivity index (χ4n) is 1.93. The van der Waals surface area contributed by atoms with Gasteiger partial charge in [0.1, 0.15) is 5.75 Å². The molecular weight excluding hydrogens is 214 g/mol. The van der Waals surface area contributed by atoms with Gasteiger partial charge < -0.3 is 15.9 Å². The molecule has 0 aromatic heterocycles. The highest BCUT2D eigenvalue weighted by molar-refractivity contribution is 5.34. The van der Waals surface area contributed by atoms with Gasteiger partial charge in [-0.05, 0) is 43.4 Å². The molecule has 96 valence electrons. The third-order valence-corrected chi connectivity index (χ3v) is 3.11. The van der Waals surface area contributed by atoms with Crippen molar-refractivity contribution in [2.75, 3.05) is 0 Å². The summed E-state index contributed by atoms with van der Waals surface area (Å²) >= 11 is 0. The van der Waals surface area contributed by atoms with Gasteiger partial charge >= 0.3 is 0 Å². The quantitative estimate of drug-likeness (QED) is 0.710. The SMILES string of the molecule is CCCC(N)C(O)CCc1ccc(O)c(C)c1. The van der Waals surface area contributed by atoms with Gasteiger partial charge in [0, 0.05) is 6.04 Å². The molecule has 0 aliphatic carbocycles. The van der Waals surface area contributed by atoms with Crippen LogP contribution in [0.1, 0.15) is 37.3 Å². The topological polar surface area (TPSA) is 66.5 Å². The van der Waals surface area contributed by atoms with E-state index >= 15 is 0 Å². The number of aromatic hydroxyl groups is 1.